The molecule has 5 heteroatoms. The van der Waals surface area contributed by atoms with E-state index in [4.69, 9.17) is 4.74 Å². The molecule has 1 atom stereocenters. The molecule has 2 heterocycles. The monoisotopic (exact) mass is 303 g/mol. The maximum Gasteiger partial charge on any atom is 0.165 e. The third-order valence-electron chi connectivity index (χ3n) is 4.26. The van der Waals surface area contributed by atoms with Gasteiger partial charge in [0, 0.05) is 24.7 Å². The van der Waals surface area contributed by atoms with Crippen LogP contribution in [0.25, 0.3) is 0 Å². The van der Waals surface area contributed by atoms with Crippen molar-refractivity contribution in [3.05, 3.63) is 47.5 Å². The van der Waals surface area contributed by atoms with Crippen LogP contribution in [0.3, 0.4) is 0 Å². The summed E-state index contributed by atoms with van der Waals surface area (Å²) in [6, 6.07) is 6.55. The van der Waals surface area contributed by atoms with Gasteiger partial charge < -0.3 is 9.64 Å². The molecule has 0 aliphatic carbocycles. The smallest absolute Gasteiger partial charge is 0.165 e. The molecule has 0 amide bonds. The van der Waals surface area contributed by atoms with Gasteiger partial charge in [0.2, 0.25) is 0 Å². The van der Waals surface area contributed by atoms with E-state index in [0.717, 1.165) is 32.5 Å². The molecule has 1 unspecified atom stereocenters. The average molecular weight is 303 g/mol. The molecule has 1 aromatic heterocycles. The minimum absolute atomic E-state index is 0.293. The number of H-pyrrole nitrogens is 1. The predicted octanol–water partition coefficient (Wildman–Crippen LogP) is 3.12. The summed E-state index contributed by atoms with van der Waals surface area (Å²) in [5.74, 6) is 0.600. The molecule has 1 aromatic carbocycles. The Bertz CT molecular complexity index is 613. The molecule has 0 saturated carbocycles. The molecular weight excluding hydrogens is 281 g/mol. The van der Waals surface area contributed by atoms with Crippen molar-refractivity contribution >= 4 is 0 Å². The van der Waals surface area contributed by atoms with Gasteiger partial charge in [0.15, 0.2) is 11.6 Å². The minimum atomic E-state index is -0.293. The molecule has 3 rings (SSSR count). The van der Waals surface area contributed by atoms with E-state index >= 15 is 0 Å². The summed E-state index contributed by atoms with van der Waals surface area (Å²) in [6.07, 6.45) is 3.96. The Morgan fingerprint density at radius 1 is 1.41 bits per heavy atom. The summed E-state index contributed by atoms with van der Waals surface area (Å²) in [5.41, 5.74) is 2.51. The van der Waals surface area contributed by atoms with Gasteiger partial charge >= 0.3 is 0 Å². The van der Waals surface area contributed by atoms with Crippen LogP contribution in [0.15, 0.2) is 30.5 Å². The topological polar surface area (TPSA) is 41.2 Å². The average Bonchev–Trinajstić information content (AvgIpc) is 3.14. The molecule has 2 aromatic rings. The number of likely N-dealkylation sites (tertiary alicyclic amines) is 1. The predicted molar refractivity (Wildman–Crippen MR) is 83.6 cm³/mol. The summed E-state index contributed by atoms with van der Waals surface area (Å²) in [4.78, 5) is 2.44. The van der Waals surface area contributed by atoms with Gasteiger partial charge in [-0.3, -0.25) is 5.10 Å². The third-order valence-corrected chi connectivity index (χ3v) is 4.26. The van der Waals surface area contributed by atoms with E-state index in [1.165, 1.54) is 17.3 Å². The lowest BCUT2D eigenvalue weighted by Gasteiger charge is -2.16. The third kappa shape index (κ3) is 3.47. The van der Waals surface area contributed by atoms with E-state index in [9.17, 15) is 4.39 Å². The lowest BCUT2D eigenvalue weighted by molar-refractivity contribution is 0.254. The fourth-order valence-electron chi connectivity index (χ4n) is 3.07. The van der Waals surface area contributed by atoms with E-state index in [2.05, 4.69) is 22.0 Å². The van der Waals surface area contributed by atoms with Gasteiger partial charge in [0.25, 0.3) is 0 Å². The number of hydrogen-bond acceptors (Lipinski definition) is 3. The first-order valence-electron chi connectivity index (χ1n) is 7.83. The summed E-state index contributed by atoms with van der Waals surface area (Å²) in [5, 5.41) is 7.23. The van der Waals surface area contributed by atoms with Gasteiger partial charge in [0.1, 0.15) is 0 Å². The number of halogens is 1. The molecule has 1 fully saturated rings. The summed E-state index contributed by atoms with van der Waals surface area (Å²) in [7, 11) is 0. The normalized spacial score (nSPS) is 18.7. The van der Waals surface area contributed by atoms with Crippen LogP contribution < -0.4 is 4.74 Å². The molecule has 1 aliphatic heterocycles. The first-order valence-corrected chi connectivity index (χ1v) is 7.83. The summed E-state index contributed by atoms with van der Waals surface area (Å²) >= 11 is 0. The van der Waals surface area contributed by atoms with Gasteiger partial charge in [0.05, 0.1) is 12.8 Å². The highest BCUT2D eigenvalue weighted by Crippen LogP contribution is 2.27. The molecule has 0 radical (unpaired) electrons. The summed E-state index contributed by atoms with van der Waals surface area (Å²) < 4.78 is 18.9. The Balaban J connectivity index is 1.40. The Labute approximate surface area is 130 Å². The van der Waals surface area contributed by atoms with Crippen LogP contribution in [0.2, 0.25) is 0 Å². The highest BCUT2D eigenvalue weighted by Gasteiger charge is 2.25. The van der Waals surface area contributed by atoms with Crippen molar-refractivity contribution in [2.75, 3.05) is 26.2 Å². The Hall–Kier alpha value is -1.88. The number of benzene rings is 1. The standard InChI is InChI=1S/C17H22FN3O/c1-13-11-19-20-17(13)14-7-9-21(12-14)8-4-10-22-16-6-3-2-5-15(16)18/h2-3,5-6,11,14H,4,7-10,12H2,1H3,(H,19,20). The highest BCUT2D eigenvalue weighted by atomic mass is 19.1. The van der Waals surface area contributed by atoms with E-state index in [-0.39, 0.29) is 5.82 Å². The maximum atomic E-state index is 13.4. The zero-order valence-electron chi connectivity index (χ0n) is 12.9. The number of aromatic nitrogens is 2. The fraction of sp³-hybridized carbons (Fsp3) is 0.471. The van der Waals surface area contributed by atoms with Crippen molar-refractivity contribution in [1.29, 1.82) is 0 Å². The van der Waals surface area contributed by atoms with Crippen LogP contribution in [0.5, 0.6) is 5.75 Å². The Morgan fingerprint density at radius 2 is 2.27 bits per heavy atom. The van der Waals surface area contributed by atoms with E-state index in [1.807, 2.05) is 6.20 Å². The van der Waals surface area contributed by atoms with Gasteiger partial charge in [-0.25, -0.2) is 4.39 Å². The van der Waals surface area contributed by atoms with E-state index < -0.39 is 0 Å². The highest BCUT2D eigenvalue weighted by molar-refractivity contribution is 5.23. The van der Waals surface area contributed by atoms with Gasteiger partial charge in [-0.2, -0.15) is 5.10 Å². The van der Waals surface area contributed by atoms with Crippen LogP contribution >= 0.6 is 0 Å². The fourth-order valence-corrected chi connectivity index (χ4v) is 3.07. The molecular formula is C17H22FN3O. The molecule has 22 heavy (non-hydrogen) atoms. The Kier molecular flexibility index (Phi) is 4.73. The van der Waals surface area contributed by atoms with E-state index in [1.54, 1.807) is 18.2 Å². The molecule has 4 nitrogen and oxygen atoms in total. The second-order valence-corrected chi connectivity index (χ2v) is 5.89. The first kappa shape index (κ1) is 15.0. The Morgan fingerprint density at radius 3 is 3.05 bits per heavy atom. The van der Waals surface area contributed by atoms with Crippen molar-refractivity contribution in [2.45, 2.75) is 25.7 Å². The first-order chi connectivity index (χ1) is 10.7. The number of nitrogens with zero attached hydrogens (tertiary/aromatic N) is 2. The largest absolute Gasteiger partial charge is 0.490 e. The maximum absolute atomic E-state index is 13.4. The molecule has 1 saturated heterocycles. The van der Waals surface area contributed by atoms with Crippen LogP contribution in [0, 0.1) is 12.7 Å². The van der Waals surface area contributed by atoms with Crippen LogP contribution in [0.1, 0.15) is 30.0 Å². The lowest BCUT2D eigenvalue weighted by Crippen LogP contribution is -2.23. The number of aryl methyl sites for hydroxylation is 1. The molecule has 1 N–H and O–H groups in total. The number of para-hydroxylation sites is 1. The number of nitrogens with one attached hydrogen (secondary N) is 1. The molecule has 0 bridgehead atoms. The van der Waals surface area contributed by atoms with Crippen LogP contribution in [0.4, 0.5) is 4.39 Å². The number of ether oxygens (including phenoxy) is 1. The van der Waals surface area contributed by atoms with Crippen LogP contribution in [-0.2, 0) is 0 Å². The van der Waals surface area contributed by atoms with Crippen molar-refractivity contribution in [2.24, 2.45) is 0 Å². The molecule has 1 aliphatic rings. The van der Waals surface area contributed by atoms with E-state index in [0.29, 0.717) is 18.3 Å². The number of hydrogen-bond donors (Lipinski definition) is 1. The zero-order valence-corrected chi connectivity index (χ0v) is 12.9. The van der Waals surface area contributed by atoms with Crippen molar-refractivity contribution in [3.63, 3.8) is 0 Å². The molecule has 0 spiro atoms. The van der Waals surface area contributed by atoms with Crippen molar-refractivity contribution < 1.29 is 9.13 Å². The summed E-state index contributed by atoms with van der Waals surface area (Å²) in [6.45, 7) is 5.79. The van der Waals surface area contributed by atoms with Crippen molar-refractivity contribution in [3.8, 4) is 5.75 Å². The second-order valence-electron chi connectivity index (χ2n) is 5.89. The number of rotatable bonds is 6. The van der Waals surface area contributed by atoms with Gasteiger partial charge in [-0.15, -0.1) is 0 Å². The second kappa shape index (κ2) is 6.92. The lowest BCUT2D eigenvalue weighted by atomic mass is 10.0. The number of aromatic amines is 1. The van der Waals surface area contributed by atoms with Gasteiger partial charge in [-0.1, -0.05) is 12.1 Å². The van der Waals surface area contributed by atoms with Gasteiger partial charge in [-0.05, 0) is 44.0 Å². The molecule has 118 valence electrons. The quantitative estimate of drug-likeness (QED) is 0.834. The SMILES string of the molecule is Cc1cn[nH]c1C1CCN(CCCOc2ccccc2F)C1. The minimum Gasteiger partial charge on any atom is -0.490 e. The zero-order chi connectivity index (χ0) is 15.4. The van der Waals surface area contributed by atoms with Crippen molar-refractivity contribution in [1.82, 2.24) is 15.1 Å². The van der Waals surface area contributed by atoms with Crippen LogP contribution in [-0.4, -0.2) is 41.3 Å².